The van der Waals surface area contributed by atoms with Crippen LogP contribution in [0.1, 0.15) is 6.42 Å². The summed E-state index contributed by atoms with van der Waals surface area (Å²) in [4.78, 5) is 19.7. The Bertz CT molecular complexity index is 1060. The van der Waals surface area contributed by atoms with Gasteiger partial charge < -0.3 is 20.7 Å². The molecule has 0 radical (unpaired) electrons. The summed E-state index contributed by atoms with van der Waals surface area (Å²) in [6.45, 7) is 0.926. The van der Waals surface area contributed by atoms with Gasteiger partial charge in [-0.15, -0.1) is 4.99 Å². The maximum absolute atomic E-state index is 12.1. The minimum Gasteiger partial charge on any atom is -0.493 e. The van der Waals surface area contributed by atoms with Crippen LogP contribution in [-0.2, 0) is 4.79 Å². The molecule has 0 bridgehead atoms. The zero-order chi connectivity index (χ0) is 22.4. The monoisotopic (exact) mass is 428 g/mol. The van der Waals surface area contributed by atoms with E-state index in [0.29, 0.717) is 25.3 Å². The van der Waals surface area contributed by atoms with Crippen LogP contribution in [0.4, 0.5) is 5.69 Å². The summed E-state index contributed by atoms with van der Waals surface area (Å²) >= 11 is 0. The van der Waals surface area contributed by atoms with Crippen molar-refractivity contribution in [3.05, 3.63) is 79.1 Å². The molecule has 0 aliphatic carbocycles. The molecule has 8 heteroatoms. The van der Waals surface area contributed by atoms with Gasteiger partial charge in [0.2, 0.25) is 18.1 Å². The van der Waals surface area contributed by atoms with Gasteiger partial charge in [0.15, 0.2) is 0 Å². The number of ether oxygens (including phenoxy) is 1. The Morgan fingerprint density at radius 3 is 2.53 bits per heavy atom. The van der Waals surface area contributed by atoms with E-state index < -0.39 is 0 Å². The Labute approximate surface area is 187 Å². The van der Waals surface area contributed by atoms with Crippen molar-refractivity contribution in [2.75, 3.05) is 25.0 Å². The van der Waals surface area contributed by atoms with Crippen molar-refractivity contribution in [1.29, 1.82) is 5.26 Å². The number of carbonyl (C=O) groups is 1. The number of hydrogen-bond acceptors (Lipinski definition) is 5. The minimum absolute atomic E-state index is 0.0176. The lowest BCUT2D eigenvalue weighted by atomic mass is 10.1. The number of hydrogen-bond donors (Lipinski definition) is 3. The number of aliphatic imine (C=N–C) groups is 1. The quantitative estimate of drug-likeness (QED) is 0.209. The Hall–Kier alpha value is -4.38. The number of aromatic nitrogens is 1. The zero-order valence-electron chi connectivity index (χ0n) is 17.5. The van der Waals surface area contributed by atoms with Gasteiger partial charge in [0, 0.05) is 30.2 Å². The Morgan fingerprint density at radius 1 is 1.00 bits per heavy atom. The minimum atomic E-state index is -0.211. The second-order valence-corrected chi connectivity index (χ2v) is 6.69. The highest BCUT2D eigenvalue weighted by molar-refractivity contribution is 5.96. The van der Waals surface area contributed by atoms with Crippen LogP contribution in [0, 0.1) is 11.5 Å². The molecule has 32 heavy (non-hydrogen) atoms. The van der Waals surface area contributed by atoms with Crippen LogP contribution in [0.15, 0.2) is 84.1 Å². The molecule has 2 aromatic carbocycles. The number of amides is 1. The molecule has 0 unspecified atom stereocenters. The van der Waals surface area contributed by atoms with E-state index in [1.165, 1.54) is 0 Å². The molecule has 1 amide bonds. The zero-order valence-corrected chi connectivity index (χ0v) is 17.5. The van der Waals surface area contributed by atoms with E-state index >= 15 is 0 Å². The molecule has 3 rings (SSSR count). The van der Waals surface area contributed by atoms with Crippen molar-refractivity contribution in [2.24, 2.45) is 4.99 Å². The van der Waals surface area contributed by atoms with Gasteiger partial charge in [-0.25, -0.2) is 0 Å². The van der Waals surface area contributed by atoms with Gasteiger partial charge in [0.1, 0.15) is 5.75 Å². The molecule has 0 spiro atoms. The molecule has 0 aliphatic heterocycles. The SMILES string of the molecule is N#C/N=C(/NCC(=O)NCCCOc1ccccc1-c1ccccc1)Nc1ccncc1. The summed E-state index contributed by atoms with van der Waals surface area (Å²) < 4.78 is 5.93. The number of pyridine rings is 1. The van der Waals surface area contributed by atoms with E-state index in [1.54, 1.807) is 30.7 Å². The molecule has 0 saturated carbocycles. The summed E-state index contributed by atoms with van der Waals surface area (Å²) in [6.07, 6.45) is 5.58. The first-order valence-electron chi connectivity index (χ1n) is 10.2. The van der Waals surface area contributed by atoms with Crippen molar-refractivity contribution in [1.82, 2.24) is 15.6 Å². The summed E-state index contributed by atoms with van der Waals surface area (Å²) in [5.41, 5.74) is 2.83. The van der Waals surface area contributed by atoms with E-state index in [1.807, 2.05) is 54.6 Å². The second-order valence-electron chi connectivity index (χ2n) is 6.69. The molecule has 1 heterocycles. The fraction of sp³-hybridized carbons (Fsp3) is 0.167. The van der Waals surface area contributed by atoms with Crippen LogP contribution in [0.2, 0.25) is 0 Å². The number of carbonyl (C=O) groups excluding carboxylic acids is 1. The maximum atomic E-state index is 12.1. The summed E-state index contributed by atoms with van der Waals surface area (Å²) in [7, 11) is 0. The van der Waals surface area contributed by atoms with Crippen molar-refractivity contribution < 1.29 is 9.53 Å². The molecule has 0 aliphatic rings. The fourth-order valence-electron chi connectivity index (χ4n) is 2.89. The average Bonchev–Trinajstić information content (AvgIpc) is 2.84. The second kappa shape index (κ2) is 12.3. The topological polar surface area (TPSA) is 111 Å². The summed E-state index contributed by atoms with van der Waals surface area (Å²) in [5, 5.41) is 17.4. The van der Waals surface area contributed by atoms with Crippen LogP contribution in [0.25, 0.3) is 11.1 Å². The van der Waals surface area contributed by atoms with Gasteiger partial charge in [0.25, 0.3) is 0 Å². The van der Waals surface area contributed by atoms with Crippen LogP contribution in [0.5, 0.6) is 5.75 Å². The number of nitrogens with zero attached hydrogens (tertiary/aromatic N) is 3. The maximum Gasteiger partial charge on any atom is 0.239 e. The van der Waals surface area contributed by atoms with E-state index in [2.05, 4.69) is 25.9 Å². The first kappa shape index (κ1) is 22.3. The van der Waals surface area contributed by atoms with Gasteiger partial charge >= 0.3 is 0 Å². The highest BCUT2D eigenvalue weighted by Gasteiger charge is 2.07. The predicted molar refractivity (Wildman–Crippen MR) is 124 cm³/mol. The normalized spacial score (nSPS) is 10.7. The molecule has 8 nitrogen and oxygen atoms in total. The van der Waals surface area contributed by atoms with Crippen LogP contribution < -0.4 is 20.7 Å². The van der Waals surface area contributed by atoms with Crippen molar-refractivity contribution in [2.45, 2.75) is 6.42 Å². The molecular weight excluding hydrogens is 404 g/mol. The molecule has 0 atom stereocenters. The predicted octanol–water partition coefficient (Wildman–Crippen LogP) is 3.17. The number of anilines is 1. The molecule has 0 saturated heterocycles. The highest BCUT2D eigenvalue weighted by Crippen LogP contribution is 2.29. The smallest absolute Gasteiger partial charge is 0.239 e. The number of para-hydroxylation sites is 1. The van der Waals surface area contributed by atoms with Crippen molar-refractivity contribution in [3.8, 4) is 23.1 Å². The number of rotatable bonds is 9. The lowest BCUT2D eigenvalue weighted by molar-refractivity contribution is -0.120. The van der Waals surface area contributed by atoms with Crippen molar-refractivity contribution in [3.63, 3.8) is 0 Å². The lowest BCUT2D eigenvalue weighted by Crippen LogP contribution is -2.40. The van der Waals surface area contributed by atoms with E-state index in [-0.39, 0.29) is 18.4 Å². The van der Waals surface area contributed by atoms with Gasteiger partial charge in [-0.3, -0.25) is 9.78 Å². The molecular formula is C24H24N6O2. The van der Waals surface area contributed by atoms with Crippen LogP contribution in [0.3, 0.4) is 0 Å². The number of guanidine groups is 1. The fourth-order valence-corrected chi connectivity index (χ4v) is 2.89. The Kier molecular flexibility index (Phi) is 8.61. The van der Waals surface area contributed by atoms with Gasteiger partial charge in [0.05, 0.1) is 13.2 Å². The van der Waals surface area contributed by atoms with E-state index in [0.717, 1.165) is 16.9 Å². The largest absolute Gasteiger partial charge is 0.493 e. The molecule has 0 fully saturated rings. The average molecular weight is 428 g/mol. The third-order valence-corrected chi connectivity index (χ3v) is 4.39. The molecule has 1 aromatic heterocycles. The lowest BCUT2D eigenvalue weighted by Gasteiger charge is -2.13. The van der Waals surface area contributed by atoms with Gasteiger partial charge in [-0.1, -0.05) is 48.5 Å². The highest BCUT2D eigenvalue weighted by atomic mass is 16.5. The Morgan fingerprint density at radius 2 is 1.75 bits per heavy atom. The first-order chi connectivity index (χ1) is 15.8. The third kappa shape index (κ3) is 7.15. The van der Waals surface area contributed by atoms with Gasteiger partial charge in [-0.2, -0.15) is 5.26 Å². The van der Waals surface area contributed by atoms with Crippen molar-refractivity contribution >= 4 is 17.6 Å². The molecule has 162 valence electrons. The molecule has 3 N–H and O–H groups in total. The number of benzene rings is 2. The van der Waals surface area contributed by atoms with Gasteiger partial charge in [-0.05, 0) is 30.2 Å². The first-order valence-corrected chi connectivity index (χ1v) is 10.2. The Balaban J connectivity index is 1.39. The molecule has 3 aromatic rings. The number of nitriles is 1. The number of nitrogens with one attached hydrogen (secondary N) is 3. The van der Waals surface area contributed by atoms with Crippen LogP contribution >= 0.6 is 0 Å². The van der Waals surface area contributed by atoms with Crippen LogP contribution in [-0.4, -0.2) is 36.5 Å². The summed E-state index contributed by atoms with van der Waals surface area (Å²) in [6, 6.07) is 21.4. The standard InChI is InChI=1S/C24H24N6O2/c25-18-29-24(30-20-11-14-26-15-12-20)28-17-23(31)27-13-6-16-32-22-10-5-4-9-21(22)19-7-2-1-3-8-19/h1-5,7-12,14-15H,6,13,16-17H2,(H,27,31)(H2,26,28,29,30). The van der Waals surface area contributed by atoms with E-state index in [9.17, 15) is 4.79 Å². The third-order valence-electron chi connectivity index (χ3n) is 4.39. The van der Waals surface area contributed by atoms with E-state index in [4.69, 9.17) is 10.00 Å². The summed E-state index contributed by atoms with van der Waals surface area (Å²) in [5.74, 6) is 0.790.